The first kappa shape index (κ1) is 28.8. The van der Waals surface area contributed by atoms with Crippen molar-refractivity contribution in [3.8, 4) is 44.7 Å². The molecule has 11 aromatic rings. The van der Waals surface area contributed by atoms with Crippen LogP contribution in [-0.2, 0) is 0 Å². The van der Waals surface area contributed by atoms with Crippen LogP contribution in [-0.4, -0.2) is 4.98 Å². The first-order valence-corrected chi connectivity index (χ1v) is 17.6. The van der Waals surface area contributed by atoms with Gasteiger partial charge in [0.2, 0.25) is 0 Å². The average molecular weight is 664 g/mol. The summed E-state index contributed by atoms with van der Waals surface area (Å²) in [6.45, 7) is 0. The molecular formula is C49H29NO2. The molecule has 0 aliphatic rings. The first-order valence-electron chi connectivity index (χ1n) is 17.6. The maximum Gasteiger partial charge on any atom is 0.143 e. The van der Waals surface area contributed by atoms with Crippen molar-refractivity contribution in [1.82, 2.24) is 4.98 Å². The van der Waals surface area contributed by atoms with E-state index in [9.17, 15) is 0 Å². The van der Waals surface area contributed by atoms with Crippen LogP contribution >= 0.6 is 0 Å². The van der Waals surface area contributed by atoms with E-state index in [0.717, 1.165) is 72.0 Å². The fourth-order valence-corrected chi connectivity index (χ4v) is 8.31. The Labute approximate surface area is 299 Å². The summed E-state index contributed by atoms with van der Waals surface area (Å²) in [5.74, 6) is 0.874. The molecule has 0 unspecified atom stereocenters. The Morgan fingerprint density at radius 1 is 0.385 bits per heavy atom. The van der Waals surface area contributed by atoms with Crippen LogP contribution in [0.5, 0.6) is 0 Å². The van der Waals surface area contributed by atoms with E-state index in [0.29, 0.717) is 0 Å². The normalized spacial score (nSPS) is 11.8. The third-order valence-electron chi connectivity index (χ3n) is 10.5. The van der Waals surface area contributed by atoms with Gasteiger partial charge in [0.25, 0.3) is 0 Å². The van der Waals surface area contributed by atoms with Crippen LogP contribution in [0.4, 0.5) is 0 Å². The zero-order valence-electron chi connectivity index (χ0n) is 28.0. The smallest absolute Gasteiger partial charge is 0.143 e. The Kier molecular flexibility index (Phi) is 6.25. The summed E-state index contributed by atoms with van der Waals surface area (Å²) in [6.07, 6.45) is 3.66. The molecule has 0 aliphatic carbocycles. The molecule has 11 rings (SSSR count). The SMILES string of the molecule is c1ccc(-c2oc3c(-c4c5ccccc5c(-c5ccc6c(c5)oc5ccncc56)c5ccccc45)cc4ccccc4c3c2-c2ccccc2)cc1. The zero-order chi connectivity index (χ0) is 34.2. The highest BCUT2D eigenvalue weighted by Crippen LogP contribution is 2.51. The molecule has 0 atom stereocenters. The maximum atomic E-state index is 7.21. The van der Waals surface area contributed by atoms with Crippen molar-refractivity contribution >= 4 is 65.2 Å². The number of rotatable bonds is 4. The summed E-state index contributed by atoms with van der Waals surface area (Å²) in [5.41, 5.74) is 10.4. The second-order valence-corrected chi connectivity index (χ2v) is 13.4. The summed E-state index contributed by atoms with van der Waals surface area (Å²) in [4.78, 5) is 4.35. The molecule has 0 saturated heterocycles. The largest absolute Gasteiger partial charge is 0.456 e. The van der Waals surface area contributed by atoms with Gasteiger partial charge in [0.1, 0.15) is 22.5 Å². The lowest BCUT2D eigenvalue weighted by Crippen LogP contribution is -1.92. The van der Waals surface area contributed by atoms with Gasteiger partial charge in [-0.2, -0.15) is 0 Å². The molecule has 3 heteroatoms. The lowest BCUT2D eigenvalue weighted by atomic mass is 9.84. The Balaban J connectivity index is 1.28. The third-order valence-corrected chi connectivity index (χ3v) is 10.5. The number of fused-ring (bicyclic) bond motifs is 8. The fourth-order valence-electron chi connectivity index (χ4n) is 8.31. The number of hydrogen-bond acceptors (Lipinski definition) is 3. The lowest BCUT2D eigenvalue weighted by molar-refractivity contribution is 0.634. The quantitative estimate of drug-likeness (QED) is 0.176. The van der Waals surface area contributed by atoms with Crippen molar-refractivity contribution in [1.29, 1.82) is 0 Å². The van der Waals surface area contributed by atoms with E-state index in [-0.39, 0.29) is 0 Å². The summed E-state index contributed by atoms with van der Waals surface area (Å²) in [7, 11) is 0. The molecule has 0 amide bonds. The summed E-state index contributed by atoms with van der Waals surface area (Å²) < 4.78 is 13.6. The number of pyridine rings is 1. The van der Waals surface area contributed by atoms with Crippen LogP contribution in [0.15, 0.2) is 185 Å². The van der Waals surface area contributed by atoms with E-state index in [1.807, 2.05) is 12.3 Å². The number of nitrogens with zero attached hydrogens (tertiary/aromatic N) is 1. The van der Waals surface area contributed by atoms with Crippen LogP contribution in [0.1, 0.15) is 0 Å². The molecule has 3 aromatic heterocycles. The Bertz CT molecular complexity index is 3110. The van der Waals surface area contributed by atoms with Crippen molar-refractivity contribution in [2.75, 3.05) is 0 Å². The monoisotopic (exact) mass is 663 g/mol. The molecule has 3 nitrogen and oxygen atoms in total. The van der Waals surface area contributed by atoms with Gasteiger partial charge in [0.15, 0.2) is 0 Å². The van der Waals surface area contributed by atoms with Gasteiger partial charge in [0.05, 0.1) is 0 Å². The number of benzene rings is 8. The van der Waals surface area contributed by atoms with Gasteiger partial charge in [-0.25, -0.2) is 0 Å². The van der Waals surface area contributed by atoms with Gasteiger partial charge in [0, 0.05) is 50.8 Å². The highest BCUT2D eigenvalue weighted by atomic mass is 16.3. The fraction of sp³-hybridized carbons (Fsp3) is 0. The molecule has 0 radical (unpaired) electrons. The number of aromatic nitrogens is 1. The second kappa shape index (κ2) is 11.3. The highest BCUT2D eigenvalue weighted by Gasteiger charge is 2.25. The zero-order valence-corrected chi connectivity index (χ0v) is 28.0. The molecule has 0 aliphatic heterocycles. The molecule has 52 heavy (non-hydrogen) atoms. The molecule has 242 valence electrons. The first-order chi connectivity index (χ1) is 25.8. The van der Waals surface area contributed by atoms with E-state index in [2.05, 4.69) is 163 Å². The summed E-state index contributed by atoms with van der Waals surface area (Å²) in [5, 5.41) is 10.2. The Hall–Kier alpha value is -6.97. The molecule has 0 fully saturated rings. The number of furan rings is 2. The van der Waals surface area contributed by atoms with Gasteiger partial charge in [-0.1, -0.05) is 140 Å². The molecule has 0 spiro atoms. The molecule has 0 N–H and O–H groups in total. The lowest BCUT2D eigenvalue weighted by Gasteiger charge is -2.18. The minimum Gasteiger partial charge on any atom is -0.456 e. The molecular weight excluding hydrogens is 635 g/mol. The van der Waals surface area contributed by atoms with E-state index in [4.69, 9.17) is 8.83 Å². The Morgan fingerprint density at radius 3 is 1.71 bits per heavy atom. The average Bonchev–Trinajstić information content (AvgIpc) is 3.80. The minimum absolute atomic E-state index is 0.843. The van der Waals surface area contributed by atoms with Gasteiger partial charge in [-0.3, -0.25) is 4.98 Å². The van der Waals surface area contributed by atoms with Crippen molar-refractivity contribution < 1.29 is 8.83 Å². The van der Waals surface area contributed by atoms with E-state index in [1.54, 1.807) is 6.20 Å². The van der Waals surface area contributed by atoms with Crippen molar-refractivity contribution in [3.05, 3.63) is 176 Å². The molecule has 0 bridgehead atoms. The minimum atomic E-state index is 0.843. The van der Waals surface area contributed by atoms with Crippen LogP contribution in [0, 0.1) is 0 Å². The Morgan fingerprint density at radius 2 is 1.00 bits per heavy atom. The standard InChI is InChI=1S/C49H29NO2/c1-3-13-30(14-4-1)45-47-34-18-8-7-17-32(34)27-40(49(47)52-48(45)31-15-5-2-6-16-31)46-38-21-11-9-19-36(38)44(37-20-10-12-22-39(37)46)33-23-24-35-41-29-50-26-25-42(41)51-43(35)28-33/h1-29H. The summed E-state index contributed by atoms with van der Waals surface area (Å²) in [6, 6.07) is 58.2. The second-order valence-electron chi connectivity index (χ2n) is 13.4. The maximum absolute atomic E-state index is 7.21. The van der Waals surface area contributed by atoms with Gasteiger partial charge < -0.3 is 8.83 Å². The van der Waals surface area contributed by atoms with Crippen molar-refractivity contribution in [2.45, 2.75) is 0 Å². The third kappa shape index (κ3) is 4.23. The van der Waals surface area contributed by atoms with Crippen LogP contribution in [0.25, 0.3) is 110 Å². The van der Waals surface area contributed by atoms with Gasteiger partial charge in [-0.15, -0.1) is 0 Å². The van der Waals surface area contributed by atoms with E-state index in [1.165, 1.54) is 37.9 Å². The van der Waals surface area contributed by atoms with Crippen LogP contribution < -0.4 is 0 Å². The van der Waals surface area contributed by atoms with Gasteiger partial charge >= 0.3 is 0 Å². The predicted octanol–water partition coefficient (Wildman–Crippen LogP) is 13.9. The van der Waals surface area contributed by atoms with E-state index >= 15 is 0 Å². The summed E-state index contributed by atoms with van der Waals surface area (Å²) >= 11 is 0. The topological polar surface area (TPSA) is 39.2 Å². The van der Waals surface area contributed by atoms with Crippen molar-refractivity contribution in [2.24, 2.45) is 0 Å². The van der Waals surface area contributed by atoms with Crippen LogP contribution in [0.2, 0.25) is 0 Å². The van der Waals surface area contributed by atoms with Crippen molar-refractivity contribution in [3.63, 3.8) is 0 Å². The molecule has 8 aromatic carbocycles. The van der Waals surface area contributed by atoms with E-state index < -0.39 is 0 Å². The highest BCUT2D eigenvalue weighted by molar-refractivity contribution is 6.27. The van der Waals surface area contributed by atoms with Crippen LogP contribution in [0.3, 0.4) is 0 Å². The number of hydrogen-bond donors (Lipinski definition) is 0. The predicted molar refractivity (Wildman–Crippen MR) is 216 cm³/mol. The molecule has 3 heterocycles. The molecule has 0 saturated carbocycles. The van der Waals surface area contributed by atoms with Gasteiger partial charge in [-0.05, 0) is 73.3 Å².